The molecule has 2 saturated heterocycles. The fraction of sp³-hybridized carbons (Fsp3) is 0.458. The highest BCUT2D eigenvalue weighted by atomic mass is 16.2. The number of aromatic nitrogens is 3. The van der Waals surface area contributed by atoms with Crippen LogP contribution in [-0.2, 0) is 0 Å². The largest absolute Gasteiger partial charge is 0.357 e. The molecule has 2 fully saturated rings. The van der Waals surface area contributed by atoms with E-state index in [1.54, 1.807) is 0 Å². The summed E-state index contributed by atoms with van der Waals surface area (Å²) in [6.07, 6.45) is 7.02. The molecular weight excluding hydrogens is 388 g/mol. The highest BCUT2D eigenvalue weighted by Crippen LogP contribution is 2.25. The van der Waals surface area contributed by atoms with E-state index in [0.29, 0.717) is 5.69 Å². The number of carbonyl (C=O) groups excluding carboxylic acids is 1. The minimum Gasteiger partial charge on any atom is -0.357 e. The van der Waals surface area contributed by atoms with Crippen molar-refractivity contribution in [3.8, 4) is 5.69 Å². The minimum absolute atomic E-state index is 0.127. The Kier molecular flexibility index (Phi) is 5.84. The zero-order valence-corrected chi connectivity index (χ0v) is 17.9. The normalized spacial score (nSPS) is 19.9. The van der Waals surface area contributed by atoms with E-state index in [2.05, 4.69) is 15.5 Å². The molecule has 1 unspecified atom stereocenters. The molecule has 2 aliphatic rings. The topological polar surface area (TPSA) is 75.1 Å². The van der Waals surface area contributed by atoms with Crippen LogP contribution in [0.15, 0.2) is 42.5 Å². The van der Waals surface area contributed by atoms with E-state index in [1.165, 1.54) is 25.7 Å². The van der Waals surface area contributed by atoms with Gasteiger partial charge in [0.05, 0.1) is 11.1 Å². The summed E-state index contributed by atoms with van der Waals surface area (Å²) >= 11 is 0. The van der Waals surface area contributed by atoms with Crippen LogP contribution in [0.25, 0.3) is 16.7 Å². The molecule has 162 valence electrons. The van der Waals surface area contributed by atoms with E-state index >= 15 is 0 Å². The number of hydrogen-bond acceptors (Lipinski definition) is 5. The number of carbonyl (C=O) groups is 1. The molecule has 0 bridgehead atoms. The first kappa shape index (κ1) is 20.0. The summed E-state index contributed by atoms with van der Waals surface area (Å²) < 4.78 is 1.81. The Labute approximate surface area is 182 Å². The number of para-hydroxylation sites is 1. The number of fused-ring (bicyclic) bond motifs is 1. The fourth-order valence-electron chi connectivity index (χ4n) is 4.61. The van der Waals surface area contributed by atoms with Gasteiger partial charge in [-0.3, -0.25) is 4.79 Å². The van der Waals surface area contributed by atoms with Gasteiger partial charge >= 0.3 is 0 Å². The maximum absolute atomic E-state index is 13.2. The smallest absolute Gasteiger partial charge is 0.272 e. The van der Waals surface area contributed by atoms with Gasteiger partial charge in [-0.1, -0.05) is 31.0 Å². The zero-order chi connectivity index (χ0) is 21.0. The number of hydrogen-bond donors (Lipinski definition) is 2. The second-order valence-electron chi connectivity index (χ2n) is 8.55. The summed E-state index contributed by atoms with van der Waals surface area (Å²) in [6.45, 7) is 3.88. The van der Waals surface area contributed by atoms with Gasteiger partial charge in [0.2, 0.25) is 0 Å². The van der Waals surface area contributed by atoms with Gasteiger partial charge in [0.15, 0.2) is 11.3 Å². The van der Waals surface area contributed by atoms with Crippen molar-refractivity contribution in [3.63, 3.8) is 0 Å². The number of pyridine rings is 1. The predicted molar refractivity (Wildman–Crippen MR) is 123 cm³/mol. The second-order valence-corrected chi connectivity index (χ2v) is 8.55. The summed E-state index contributed by atoms with van der Waals surface area (Å²) in [5.41, 5.74) is 2.09. The van der Waals surface area contributed by atoms with Crippen LogP contribution in [0.2, 0.25) is 0 Å². The molecule has 1 atom stereocenters. The molecule has 7 nitrogen and oxygen atoms in total. The first-order chi connectivity index (χ1) is 15.3. The summed E-state index contributed by atoms with van der Waals surface area (Å²) in [5.74, 6) is 0.840. The van der Waals surface area contributed by atoms with E-state index in [4.69, 9.17) is 10.1 Å². The molecule has 2 aliphatic heterocycles. The lowest BCUT2D eigenvalue weighted by atomic mass is 10.1. The molecule has 3 aromatic rings. The molecule has 0 radical (unpaired) electrons. The van der Waals surface area contributed by atoms with Crippen LogP contribution < -0.4 is 15.5 Å². The van der Waals surface area contributed by atoms with Crippen molar-refractivity contribution in [2.24, 2.45) is 0 Å². The number of piperidine rings is 1. The molecule has 2 N–H and O–H groups in total. The van der Waals surface area contributed by atoms with Crippen LogP contribution in [0.1, 0.15) is 49.0 Å². The van der Waals surface area contributed by atoms with Crippen LogP contribution in [0, 0.1) is 0 Å². The Morgan fingerprint density at radius 3 is 2.55 bits per heavy atom. The lowest BCUT2D eigenvalue weighted by molar-refractivity contribution is 0.0927. The van der Waals surface area contributed by atoms with Gasteiger partial charge in [-0.05, 0) is 56.5 Å². The maximum Gasteiger partial charge on any atom is 0.272 e. The van der Waals surface area contributed by atoms with Crippen molar-refractivity contribution >= 4 is 22.8 Å². The third kappa shape index (κ3) is 4.28. The number of nitrogens with zero attached hydrogens (tertiary/aromatic N) is 4. The SMILES string of the molecule is O=C(NC1CCCNC1)c1nn(-c2ccccc2)c2nc(N3CCCCCC3)ccc12. The molecular formula is C24H30N6O. The van der Waals surface area contributed by atoms with Crippen molar-refractivity contribution in [2.75, 3.05) is 31.1 Å². The maximum atomic E-state index is 13.2. The molecule has 0 aliphatic carbocycles. The molecule has 1 amide bonds. The van der Waals surface area contributed by atoms with Crippen molar-refractivity contribution in [3.05, 3.63) is 48.2 Å². The lowest BCUT2D eigenvalue weighted by Crippen LogP contribution is -2.45. The monoisotopic (exact) mass is 418 g/mol. The van der Waals surface area contributed by atoms with Crippen LogP contribution >= 0.6 is 0 Å². The van der Waals surface area contributed by atoms with Crippen LogP contribution in [0.3, 0.4) is 0 Å². The molecule has 7 heteroatoms. The first-order valence-corrected chi connectivity index (χ1v) is 11.5. The number of nitrogens with one attached hydrogen (secondary N) is 2. The average Bonchev–Trinajstić information content (AvgIpc) is 2.99. The van der Waals surface area contributed by atoms with E-state index in [0.717, 1.165) is 61.6 Å². The Morgan fingerprint density at radius 1 is 1.00 bits per heavy atom. The van der Waals surface area contributed by atoms with Gasteiger partial charge in [-0.2, -0.15) is 5.10 Å². The molecule has 4 heterocycles. The van der Waals surface area contributed by atoms with E-state index in [1.807, 2.05) is 47.1 Å². The quantitative estimate of drug-likeness (QED) is 0.680. The van der Waals surface area contributed by atoms with E-state index < -0.39 is 0 Å². The Bertz CT molecular complexity index is 1030. The molecule has 31 heavy (non-hydrogen) atoms. The molecule has 2 aromatic heterocycles. The first-order valence-electron chi connectivity index (χ1n) is 11.5. The minimum atomic E-state index is -0.127. The average molecular weight is 419 g/mol. The van der Waals surface area contributed by atoms with Crippen molar-refractivity contribution in [1.29, 1.82) is 0 Å². The Balaban J connectivity index is 1.53. The van der Waals surface area contributed by atoms with Crippen molar-refractivity contribution in [1.82, 2.24) is 25.4 Å². The second kappa shape index (κ2) is 9.06. The summed E-state index contributed by atoms with van der Waals surface area (Å²) in [5, 5.41) is 12.0. The van der Waals surface area contributed by atoms with Gasteiger partial charge in [0.1, 0.15) is 5.82 Å². The number of amides is 1. The number of benzene rings is 1. The molecule has 0 saturated carbocycles. The highest BCUT2D eigenvalue weighted by Gasteiger charge is 2.23. The highest BCUT2D eigenvalue weighted by molar-refractivity contribution is 6.04. The van der Waals surface area contributed by atoms with Gasteiger partial charge in [-0.25, -0.2) is 9.67 Å². The molecule has 5 rings (SSSR count). The number of rotatable bonds is 4. The van der Waals surface area contributed by atoms with Crippen molar-refractivity contribution < 1.29 is 4.79 Å². The predicted octanol–water partition coefficient (Wildman–Crippen LogP) is 3.28. The van der Waals surface area contributed by atoms with Crippen molar-refractivity contribution in [2.45, 2.75) is 44.6 Å². The van der Waals surface area contributed by atoms with Crippen LogP contribution in [0.5, 0.6) is 0 Å². The van der Waals surface area contributed by atoms with Gasteiger partial charge in [-0.15, -0.1) is 0 Å². The zero-order valence-electron chi connectivity index (χ0n) is 17.9. The summed E-state index contributed by atoms with van der Waals surface area (Å²) in [7, 11) is 0. The Morgan fingerprint density at radius 2 is 1.81 bits per heavy atom. The van der Waals surface area contributed by atoms with Gasteiger partial charge in [0.25, 0.3) is 5.91 Å². The standard InChI is InChI=1S/C24H30N6O/c31-24(26-18-9-8-14-25-17-18)22-20-12-13-21(29-15-6-1-2-7-16-29)27-23(20)30(28-22)19-10-4-3-5-11-19/h3-5,10-13,18,25H,1-2,6-9,14-17H2,(H,26,31). The summed E-state index contributed by atoms with van der Waals surface area (Å²) in [6, 6.07) is 14.1. The molecule has 1 aromatic carbocycles. The Hall–Kier alpha value is -2.93. The third-order valence-electron chi connectivity index (χ3n) is 6.29. The van der Waals surface area contributed by atoms with E-state index in [-0.39, 0.29) is 11.9 Å². The van der Waals surface area contributed by atoms with Gasteiger partial charge < -0.3 is 15.5 Å². The molecule has 0 spiro atoms. The lowest BCUT2D eigenvalue weighted by Gasteiger charge is -2.23. The fourth-order valence-corrected chi connectivity index (χ4v) is 4.61. The van der Waals surface area contributed by atoms with Crippen LogP contribution in [-0.4, -0.2) is 52.9 Å². The number of anilines is 1. The van der Waals surface area contributed by atoms with Crippen LogP contribution in [0.4, 0.5) is 5.82 Å². The van der Waals surface area contributed by atoms with E-state index in [9.17, 15) is 4.79 Å². The summed E-state index contributed by atoms with van der Waals surface area (Å²) in [4.78, 5) is 20.5. The third-order valence-corrected chi connectivity index (χ3v) is 6.29. The van der Waals surface area contributed by atoms with Gasteiger partial charge in [0, 0.05) is 25.7 Å².